The zero-order valence-electron chi connectivity index (χ0n) is 13.1. The number of nitrogens with one attached hydrogen (secondary N) is 1. The minimum Gasteiger partial charge on any atom is -0.487 e. The first-order valence-corrected chi connectivity index (χ1v) is 8.04. The Morgan fingerprint density at radius 2 is 2.05 bits per heavy atom. The lowest BCUT2D eigenvalue weighted by molar-refractivity contribution is 0.137. The number of ether oxygens (including phenoxy) is 1. The van der Waals surface area contributed by atoms with Crippen molar-refractivity contribution < 1.29 is 4.74 Å². The van der Waals surface area contributed by atoms with Crippen molar-refractivity contribution in [2.75, 3.05) is 6.54 Å². The van der Waals surface area contributed by atoms with E-state index in [9.17, 15) is 0 Å². The molecule has 1 N–H and O–H groups in total. The molecule has 1 aromatic rings. The fourth-order valence-corrected chi connectivity index (χ4v) is 3.50. The molecule has 0 amide bonds. The van der Waals surface area contributed by atoms with Gasteiger partial charge in [-0.1, -0.05) is 31.5 Å². The zero-order chi connectivity index (χ0) is 14.2. The van der Waals surface area contributed by atoms with Crippen molar-refractivity contribution in [3.8, 4) is 5.75 Å². The maximum Gasteiger partial charge on any atom is 0.127 e. The smallest absolute Gasteiger partial charge is 0.127 e. The molecular weight excluding hydrogens is 246 g/mol. The lowest BCUT2D eigenvalue weighted by Gasteiger charge is -2.19. The van der Waals surface area contributed by atoms with Crippen LogP contribution in [-0.4, -0.2) is 12.1 Å². The van der Waals surface area contributed by atoms with Gasteiger partial charge >= 0.3 is 0 Å². The third kappa shape index (κ3) is 2.85. The van der Waals surface area contributed by atoms with Crippen LogP contribution in [0.1, 0.15) is 57.6 Å². The second-order valence-electron chi connectivity index (χ2n) is 7.30. The van der Waals surface area contributed by atoms with Crippen LogP contribution in [0.2, 0.25) is 0 Å². The maximum absolute atomic E-state index is 6.13. The molecule has 0 spiro atoms. The number of para-hydroxylation sites is 1. The third-order valence-corrected chi connectivity index (χ3v) is 4.73. The lowest BCUT2D eigenvalue weighted by atomic mass is 9.99. The van der Waals surface area contributed by atoms with E-state index in [0.717, 1.165) is 25.3 Å². The van der Waals surface area contributed by atoms with Crippen molar-refractivity contribution in [1.29, 1.82) is 0 Å². The van der Waals surface area contributed by atoms with Gasteiger partial charge in [-0.15, -0.1) is 0 Å². The van der Waals surface area contributed by atoms with Gasteiger partial charge in [0, 0.05) is 25.1 Å². The molecule has 110 valence electrons. The normalized spacial score (nSPS) is 21.4. The number of rotatable bonds is 6. The fourth-order valence-electron chi connectivity index (χ4n) is 3.50. The predicted molar refractivity (Wildman–Crippen MR) is 83.1 cm³/mol. The molecule has 1 fully saturated rings. The summed E-state index contributed by atoms with van der Waals surface area (Å²) in [6.07, 6.45) is 6.51. The van der Waals surface area contributed by atoms with Crippen LogP contribution in [-0.2, 0) is 13.0 Å². The topological polar surface area (TPSA) is 21.3 Å². The van der Waals surface area contributed by atoms with E-state index in [1.807, 2.05) is 0 Å². The quantitative estimate of drug-likeness (QED) is 0.843. The molecule has 1 aliphatic carbocycles. The molecular formula is C18H27NO. The van der Waals surface area contributed by atoms with Crippen molar-refractivity contribution in [2.45, 2.75) is 65.0 Å². The van der Waals surface area contributed by atoms with Crippen molar-refractivity contribution in [1.82, 2.24) is 5.32 Å². The standard InChI is InChI=1S/C18H27NO/c1-4-8-18(9-10-18)13-19-12-15-7-5-6-14-11-17(2,3)20-16(14)15/h5-7,19H,4,8-13H2,1-3H3. The van der Waals surface area contributed by atoms with Crippen LogP contribution in [0.25, 0.3) is 0 Å². The summed E-state index contributed by atoms with van der Waals surface area (Å²) < 4.78 is 6.13. The van der Waals surface area contributed by atoms with Gasteiger partial charge < -0.3 is 10.1 Å². The molecule has 2 nitrogen and oxygen atoms in total. The monoisotopic (exact) mass is 273 g/mol. The average Bonchev–Trinajstić information content (AvgIpc) is 3.05. The molecule has 0 radical (unpaired) electrons. The van der Waals surface area contributed by atoms with Gasteiger partial charge in [0.1, 0.15) is 11.4 Å². The molecule has 2 aliphatic rings. The van der Waals surface area contributed by atoms with Gasteiger partial charge in [0.05, 0.1) is 0 Å². The van der Waals surface area contributed by atoms with E-state index in [1.165, 1.54) is 36.8 Å². The van der Waals surface area contributed by atoms with E-state index >= 15 is 0 Å². The average molecular weight is 273 g/mol. The minimum atomic E-state index is -0.0433. The first kappa shape index (κ1) is 13.9. The van der Waals surface area contributed by atoms with Crippen LogP contribution in [0.4, 0.5) is 0 Å². The summed E-state index contributed by atoms with van der Waals surface area (Å²) in [5.41, 5.74) is 3.26. The summed E-state index contributed by atoms with van der Waals surface area (Å²) in [5, 5.41) is 3.67. The van der Waals surface area contributed by atoms with Crippen LogP contribution < -0.4 is 10.1 Å². The zero-order valence-corrected chi connectivity index (χ0v) is 13.1. The molecule has 20 heavy (non-hydrogen) atoms. The van der Waals surface area contributed by atoms with Crippen LogP contribution in [0.3, 0.4) is 0 Å². The van der Waals surface area contributed by atoms with E-state index < -0.39 is 0 Å². The highest BCUT2D eigenvalue weighted by Gasteiger charge is 2.40. The molecule has 0 saturated heterocycles. The SMILES string of the molecule is CCCC1(CNCc2cccc3c2OC(C)(C)C3)CC1. The molecule has 0 aromatic heterocycles. The summed E-state index contributed by atoms with van der Waals surface area (Å²) in [5.74, 6) is 1.13. The second kappa shape index (κ2) is 5.07. The Kier molecular flexibility index (Phi) is 3.53. The van der Waals surface area contributed by atoms with Gasteiger partial charge in [-0.25, -0.2) is 0 Å². The van der Waals surface area contributed by atoms with Gasteiger partial charge in [0.25, 0.3) is 0 Å². The van der Waals surface area contributed by atoms with Crippen LogP contribution in [0.15, 0.2) is 18.2 Å². The highest BCUT2D eigenvalue weighted by molar-refractivity contribution is 5.45. The summed E-state index contributed by atoms with van der Waals surface area (Å²) in [4.78, 5) is 0. The number of hydrogen-bond acceptors (Lipinski definition) is 2. The molecule has 0 atom stereocenters. The lowest BCUT2D eigenvalue weighted by Crippen LogP contribution is -2.26. The number of hydrogen-bond donors (Lipinski definition) is 1. The van der Waals surface area contributed by atoms with E-state index in [0.29, 0.717) is 5.41 Å². The van der Waals surface area contributed by atoms with E-state index in [2.05, 4.69) is 44.3 Å². The molecule has 1 heterocycles. The predicted octanol–water partition coefficient (Wildman–Crippen LogP) is 4.07. The van der Waals surface area contributed by atoms with Gasteiger partial charge in [0.2, 0.25) is 0 Å². The largest absolute Gasteiger partial charge is 0.487 e. The molecule has 3 rings (SSSR count). The molecule has 0 unspecified atom stereocenters. The summed E-state index contributed by atoms with van der Waals surface area (Å²) in [6.45, 7) is 8.73. The van der Waals surface area contributed by atoms with Crippen molar-refractivity contribution in [3.05, 3.63) is 29.3 Å². The Hall–Kier alpha value is -1.02. The number of benzene rings is 1. The molecule has 1 saturated carbocycles. The molecule has 0 bridgehead atoms. The van der Waals surface area contributed by atoms with E-state index in [1.54, 1.807) is 0 Å². The number of fused-ring (bicyclic) bond motifs is 1. The van der Waals surface area contributed by atoms with E-state index in [4.69, 9.17) is 4.74 Å². The Morgan fingerprint density at radius 1 is 1.25 bits per heavy atom. The highest BCUT2D eigenvalue weighted by Crippen LogP contribution is 2.49. The Bertz CT molecular complexity index is 488. The van der Waals surface area contributed by atoms with Crippen LogP contribution in [0, 0.1) is 5.41 Å². The molecule has 2 heteroatoms. The van der Waals surface area contributed by atoms with Gasteiger partial charge in [-0.3, -0.25) is 0 Å². The maximum atomic E-state index is 6.13. The van der Waals surface area contributed by atoms with Gasteiger partial charge in [0.15, 0.2) is 0 Å². The Labute approximate surface area is 122 Å². The van der Waals surface area contributed by atoms with Crippen molar-refractivity contribution >= 4 is 0 Å². The van der Waals surface area contributed by atoms with Crippen LogP contribution in [0.5, 0.6) is 5.75 Å². The summed E-state index contributed by atoms with van der Waals surface area (Å²) in [6, 6.07) is 6.57. The highest BCUT2D eigenvalue weighted by atomic mass is 16.5. The van der Waals surface area contributed by atoms with Crippen molar-refractivity contribution in [2.24, 2.45) is 5.41 Å². The first-order valence-electron chi connectivity index (χ1n) is 8.04. The minimum absolute atomic E-state index is 0.0433. The first-order chi connectivity index (χ1) is 9.54. The van der Waals surface area contributed by atoms with Crippen LogP contribution >= 0.6 is 0 Å². The summed E-state index contributed by atoms with van der Waals surface area (Å²) >= 11 is 0. The van der Waals surface area contributed by atoms with Gasteiger partial charge in [-0.05, 0) is 44.1 Å². The fraction of sp³-hybridized carbons (Fsp3) is 0.667. The Balaban J connectivity index is 1.61. The van der Waals surface area contributed by atoms with Crippen molar-refractivity contribution in [3.63, 3.8) is 0 Å². The Morgan fingerprint density at radius 3 is 2.75 bits per heavy atom. The molecule has 1 aliphatic heterocycles. The van der Waals surface area contributed by atoms with E-state index in [-0.39, 0.29) is 5.60 Å². The second-order valence-corrected chi connectivity index (χ2v) is 7.30. The van der Waals surface area contributed by atoms with Gasteiger partial charge in [-0.2, -0.15) is 0 Å². The summed E-state index contributed by atoms with van der Waals surface area (Å²) in [7, 11) is 0. The third-order valence-electron chi connectivity index (χ3n) is 4.73. The molecule has 1 aromatic carbocycles.